The average Bonchev–Trinajstić information content (AvgIpc) is 2.79. The van der Waals surface area contributed by atoms with Crippen molar-refractivity contribution in [2.24, 2.45) is 0 Å². The van der Waals surface area contributed by atoms with Crippen molar-refractivity contribution in [3.05, 3.63) is 78.1 Å². The molecule has 1 unspecified atom stereocenters. The van der Waals surface area contributed by atoms with E-state index in [0.717, 1.165) is 23.4 Å². The largest absolute Gasteiger partial charge is 0.490 e. The smallest absolute Gasteiger partial charge is 0.322 e. The van der Waals surface area contributed by atoms with Crippen molar-refractivity contribution in [3.8, 4) is 16.9 Å². The summed E-state index contributed by atoms with van der Waals surface area (Å²) in [7, 11) is 0. The minimum Gasteiger partial charge on any atom is -0.490 e. The van der Waals surface area contributed by atoms with Crippen LogP contribution in [0, 0.1) is 0 Å². The highest BCUT2D eigenvalue weighted by molar-refractivity contribution is 6.30. The van der Waals surface area contributed by atoms with Crippen LogP contribution in [0.15, 0.2) is 73.1 Å². The number of hydrogen-bond donors (Lipinski definition) is 2. The van der Waals surface area contributed by atoms with Gasteiger partial charge in [-0.3, -0.25) is 4.98 Å². The van der Waals surface area contributed by atoms with E-state index in [9.17, 15) is 4.79 Å². The number of nitrogens with zero attached hydrogens (tertiary/aromatic N) is 2. The average molecular weight is 423 g/mol. The highest BCUT2D eigenvalue weighted by Gasteiger charge is 2.27. The van der Waals surface area contributed by atoms with E-state index in [1.807, 2.05) is 65.6 Å². The molecule has 0 aliphatic carbocycles. The summed E-state index contributed by atoms with van der Waals surface area (Å²) in [6, 6.07) is 18.9. The molecule has 1 aliphatic rings. The lowest BCUT2D eigenvalue weighted by Crippen LogP contribution is -2.57. The summed E-state index contributed by atoms with van der Waals surface area (Å²) in [6.07, 6.45) is 3.37. The predicted molar refractivity (Wildman–Crippen MR) is 119 cm³/mol. The zero-order chi connectivity index (χ0) is 20.8. The van der Waals surface area contributed by atoms with Gasteiger partial charge >= 0.3 is 6.03 Å². The van der Waals surface area contributed by atoms with Crippen LogP contribution in [0.1, 0.15) is 0 Å². The lowest BCUT2D eigenvalue weighted by molar-refractivity contribution is 0.133. The fourth-order valence-corrected chi connectivity index (χ4v) is 3.60. The second-order valence-corrected chi connectivity index (χ2v) is 7.51. The van der Waals surface area contributed by atoms with Crippen molar-refractivity contribution >= 4 is 23.3 Å². The van der Waals surface area contributed by atoms with E-state index in [1.54, 1.807) is 12.4 Å². The molecule has 0 spiro atoms. The number of benzene rings is 2. The lowest BCUT2D eigenvalue weighted by Gasteiger charge is -2.35. The topological polar surface area (TPSA) is 66.5 Å². The first kappa shape index (κ1) is 20.2. The van der Waals surface area contributed by atoms with E-state index < -0.39 is 0 Å². The van der Waals surface area contributed by atoms with Gasteiger partial charge in [0.1, 0.15) is 12.4 Å². The van der Waals surface area contributed by atoms with Crippen molar-refractivity contribution in [3.63, 3.8) is 0 Å². The molecule has 2 amide bonds. The number of urea groups is 1. The van der Waals surface area contributed by atoms with Crippen LogP contribution in [0.2, 0.25) is 5.02 Å². The van der Waals surface area contributed by atoms with Gasteiger partial charge in [-0.25, -0.2) is 4.79 Å². The molecular weight excluding hydrogens is 400 g/mol. The number of ether oxygens (including phenoxy) is 1. The zero-order valence-electron chi connectivity index (χ0n) is 16.4. The number of hydrogen-bond acceptors (Lipinski definition) is 4. The Bertz CT molecular complexity index is 982. The van der Waals surface area contributed by atoms with E-state index >= 15 is 0 Å². The number of rotatable bonds is 5. The summed E-state index contributed by atoms with van der Waals surface area (Å²) in [5, 5.41) is 7.01. The second kappa shape index (κ2) is 9.61. The van der Waals surface area contributed by atoms with Crippen LogP contribution >= 0.6 is 11.6 Å². The maximum atomic E-state index is 12.9. The van der Waals surface area contributed by atoms with Gasteiger partial charge in [0.25, 0.3) is 0 Å². The van der Waals surface area contributed by atoms with Gasteiger partial charge in [-0.15, -0.1) is 0 Å². The number of anilines is 1. The van der Waals surface area contributed by atoms with E-state index in [0.29, 0.717) is 30.5 Å². The predicted octanol–water partition coefficient (Wildman–Crippen LogP) is 4.29. The number of halogens is 1. The molecule has 1 atom stereocenters. The molecule has 7 heteroatoms. The Morgan fingerprint density at radius 1 is 1.17 bits per heavy atom. The molecule has 6 nitrogen and oxygen atoms in total. The molecule has 2 aromatic carbocycles. The van der Waals surface area contributed by atoms with Crippen molar-refractivity contribution < 1.29 is 9.53 Å². The van der Waals surface area contributed by atoms with E-state index in [-0.39, 0.29) is 12.1 Å². The van der Waals surface area contributed by atoms with Gasteiger partial charge in [0.05, 0.1) is 12.2 Å². The second-order valence-electron chi connectivity index (χ2n) is 7.07. The fourth-order valence-electron chi connectivity index (χ4n) is 3.41. The molecule has 1 aromatic heterocycles. The summed E-state index contributed by atoms with van der Waals surface area (Å²) >= 11 is 6.08. The number of carbonyl (C=O) groups excluding carboxylic acids is 1. The molecule has 2 heterocycles. The van der Waals surface area contributed by atoms with Crippen molar-refractivity contribution in [1.29, 1.82) is 0 Å². The molecule has 154 valence electrons. The standard InChI is InChI=1S/C23H23ClN4O2/c24-19-4-1-3-18(13-19)17-6-8-20(9-7-17)27-23(29)28-12-11-26-14-21(28)16-30-22-5-2-10-25-15-22/h1-10,13,15,21,26H,11-12,14,16H2,(H,27,29). The lowest BCUT2D eigenvalue weighted by atomic mass is 10.1. The zero-order valence-corrected chi connectivity index (χ0v) is 17.2. The summed E-state index contributed by atoms with van der Waals surface area (Å²) in [5.74, 6) is 0.694. The van der Waals surface area contributed by atoms with Crippen molar-refractivity contribution in [2.45, 2.75) is 6.04 Å². The number of amides is 2. The highest BCUT2D eigenvalue weighted by atomic mass is 35.5. The van der Waals surface area contributed by atoms with Crippen LogP contribution in [0.4, 0.5) is 10.5 Å². The van der Waals surface area contributed by atoms with Crippen LogP contribution < -0.4 is 15.4 Å². The molecule has 1 aliphatic heterocycles. The van der Waals surface area contributed by atoms with Gasteiger partial charge in [0.2, 0.25) is 0 Å². The third kappa shape index (κ3) is 5.09. The monoisotopic (exact) mass is 422 g/mol. The molecule has 0 radical (unpaired) electrons. The van der Waals surface area contributed by atoms with Crippen molar-refractivity contribution in [1.82, 2.24) is 15.2 Å². The van der Waals surface area contributed by atoms with Crippen LogP contribution in [0.3, 0.4) is 0 Å². The first-order chi connectivity index (χ1) is 14.7. The summed E-state index contributed by atoms with van der Waals surface area (Å²) in [4.78, 5) is 18.8. The quantitative estimate of drug-likeness (QED) is 0.643. The Morgan fingerprint density at radius 2 is 2.03 bits per heavy atom. The molecular formula is C23H23ClN4O2. The van der Waals surface area contributed by atoms with E-state index in [2.05, 4.69) is 15.6 Å². The third-order valence-corrected chi connectivity index (χ3v) is 5.22. The number of aromatic nitrogens is 1. The number of pyridine rings is 1. The molecule has 1 fully saturated rings. The molecule has 0 bridgehead atoms. The summed E-state index contributed by atoms with van der Waals surface area (Å²) in [6.45, 7) is 2.46. The maximum Gasteiger partial charge on any atom is 0.322 e. The molecule has 30 heavy (non-hydrogen) atoms. The van der Waals surface area contributed by atoms with Crippen molar-refractivity contribution in [2.75, 3.05) is 31.6 Å². The third-order valence-electron chi connectivity index (χ3n) is 4.98. The Labute approximate surface area is 180 Å². The fraction of sp³-hybridized carbons (Fsp3) is 0.217. The normalized spacial score (nSPS) is 16.2. The van der Waals surface area contributed by atoms with Crippen LogP contribution in [0.25, 0.3) is 11.1 Å². The molecule has 1 saturated heterocycles. The SMILES string of the molecule is O=C(Nc1ccc(-c2cccc(Cl)c2)cc1)N1CCNCC1COc1cccnc1. The summed E-state index contributed by atoms with van der Waals surface area (Å²) in [5.41, 5.74) is 2.83. The van der Waals surface area contributed by atoms with Crippen LogP contribution in [-0.2, 0) is 0 Å². The maximum absolute atomic E-state index is 12.9. The first-order valence-corrected chi connectivity index (χ1v) is 10.2. The van der Waals surface area contributed by atoms with Gasteiger partial charge in [0.15, 0.2) is 0 Å². The number of nitrogens with one attached hydrogen (secondary N) is 2. The Kier molecular flexibility index (Phi) is 6.47. The van der Waals surface area contributed by atoms with Gasteiger partial charge in [-0.05, 0) is 47.5 Å². The van der Waals surface area contributed by atoms with E-state index in [1.165, 1.54) is 0 Å². The Balaban J connectivity index is 1.39. The van der Waals surface area contributed by atoms with Gasteiger partial charge < -0.3 is 20.3 Å². The first-order valence-electron chi connectivity index (χ1n) is 9.86. The van der Waals surface area contributed by atoms with Crippen LogP contribution in [-0.4, -0.2) is 48.2 Å². The number of carbonyl (C=O) groups is 1. The van der Waals surface area contributed by atoms with Crippen LogP contribution in [0.5, 0.6) is 5.75 Å². The Morgan fingerprint density at radius 3 is 2.80 bits per heavy atom. The molecule has 2 N–H and O–H groups in total. The molecule has 4 rings (SSSR count). The molecule has 0 saturated carbocycles. The van der Waals surface area contributed by atoms with Gasteiger partial charge in [0, 0.05) is 36.5 Å². The van der Waals surface area contributed by atoms with Gasteiger partial charge in [-0.1, -0.05) is 35.9 Å². The highest BCUT2D eigenvalue weighted by Crippen LogP contribution is 2.24. The Hall–Kier alpha value is -3.09. The minimum atomic E-state index is -0.133. The number of piperazine rings is 1. The van der Waals surface area contributed by atoms with E-state index in [4.69, 9.17) is 16.3 Å². The minimum absolute atomic E-state index is 0.0651. The molecule has 3 aromatic rings. The summed E-state index contributed by atoms with van der Waals surface area (Å²) < 4.78 is 5.82. The van der Waals surface area contributed by atoms with Gasteiger partial charge in [-0.2, -0.15) is 0 Å².